The molecule has 1 aliphatic heterocycles. The van der Waals surface area contributed by atoms with Gasteiger partial charge in [0.1, 0.15) is 5.82 Å². The van der Waals surface area contributed by atoms with Crippen LogP contribution in [0.2, 0.25) is 0 Å². The Bertz CT molecular complexity index is 795. The molecule has 1 aromatic rings. The van der Waals surface area contributed by atoms with Gasteiger partial charge in [0.2, 0.25) is 0 Å². The number of alkyl halides is 3. The summed E-state index contributed by atoms with van der Waals surface area (Å²) in [5.74, 6) is -1.38. The van der Waals surface area contributed by atoms with Crippen LogP contribution in [0.15, 0.2) is 18.2 Å². The van der Waals surface area contributed by atoms with E-state index >= 15 is 0 Å². The van der Waals surface area contributed by atoms with Crippen molar-refractivity contribution in [1.29, 1.82) is 0 Å². The van der Waals surface area contributed by atoms with Crippen molar-refractivity contribution in [2.75, 3.05) is 19.7 Å². The van der Waals surface area contributed by atoms with Crippen LogP contribution in [0.4, 0.5) is 27.2 Å². The number of benzene rings is 1. The lowest BCUT2D eigenvalue weighted by Gasteiger charge is -2.35. The molecule has 160 valence electrons. The minimum Gasteiger partial charge on any atom is -0.465 e. The molecule has 0 aromatic heterocycles. The average Bonchev–Trinajstić information content (AvgIpc) is 3.29. The molecular weight excluding hydrogens is 396 g/mol. The van der Waals surface area contributed by atoms with E-state index in [0.717, 1.165) is 12.1 Å². The van der Waals surface area contributed by atoms with Crippen LogP contribution in [-0.4, -0.2) is 52.8 Å². The van der Waals surface area contributed by atoms with Gasteiger partial charge in [0, 0.05) is 13.1 Å². The van der Waals surface area contributed by atoms with Gasteiger partial charge in [-0.1, -0.05) is 6.07 Å². The first-order valence-corrected chi connectivity index (χ1v) is 9.41. The van der Waals surface area contributed by atoms with Crippen molar-refractivity contribution in [1.82, 2.24) is 9.80 Å². The molecule has 0 radical (unpaired) electrons. The molecule has 1 saturated heterocycles. The zero-order valence-corrected chi connectivity index (χ0v) is 15.8. The number of carbonyl (C=O) groups excluding carboxylic acids is 1. The topological polar surface area (TPSA) is 70.1 Å². The lowest BCUT2D eigenvalue weighted by atomic mass is 9.99. The highest BCUT2D eigenvalue weighted by atomic mass is 19.4. The van der Waals surface area contributed by atoms with E-state index in [1.165, 1.54) is 15.9 Å². The Morgan fingerprint density at radius 3 is 2.59 bits per heavy atom. The first-order valence-electron chi connectivity index (χ1n) is 9.41. The molecular formula is C19H22F4N2O4. The van der Waals surface area contributed by atoms with Gasteiger partial charge in [0.05, 0.1) is 23.8 Å². The Labute approximate surface area is 165 Å². The third-order valence-corrected chi connectivity index (χ3v) is 5.55. The number of likely N-dealkylation sites (tertiary alicyclic amines) is 1. The molecule has 0 unspecified atom stereocenters. The minimum atomic E-state index is -4.86. The summed E-state index contributed by atoms with van der Waals surface area (Å²) in [5.41, 5.74) is -2.29. The van der Waals surface area contributed by atoms with E-state index < -0.39 is 41.3 Å². The highest BCUT2D eigenvalue weighted by molar-refractivity contribution is 5.71. The van der Waals surface area contributed by atoms with Crippen molar-refractivity contribution in [3.05, 3.63) is 35.1 Å². The van der Waals surface area contributed by atoms with Gasteiger partial charge < -0.3 is 14.7 Å². The van der Waals surface area contributed by atoms with Gasteiger partial charge in [-0.2, -0.15) is 13.2 Å². The number of ether oxygens (including phenoxy) is 1. The zero-order valence-electron chi connectivity index (χ0n) is 15.8. The van der Waals surface area contributed by atoms with Gasteiger partial charge in [-0.15, -0.1) is 0 Å². The van der Waals surface area contributed by atoms with Gasteiger partial charge in [-0.25, -0.2) is 14.0 Å². The fraction of sp³-hybridized carbons (Fsp3) is 0.579. The number of rotatable bonds is 5. The molecule has 1 aromatic carbocycles. The van der Waals surface area contributed by atoms with Crippen LogP contribution in [0.3, 0.4) is 0 Å². The number of amides is 2. The summed E-state index contributed by atoms with van der Waals surface area (Å²) < 4.78 is 58.3. The van der Waals surface area contributed by atoms with Crippen LogP contribution in [0, 0.1) is 5.82 Å². The summed E-state index contributed by atoms with van der Waals surface area (Å²) in [6.07, 6.45) is -4.76. The fourth-order valence-electron chi connectivity index (χ4n) is 3.98. The van der Waals surface area contributed by atoms with Gasteiger partial charge in [-0.05, 0) is 50.3 Å². The first-order chi connectivity index (χ1) is 13.6. The minimum absolute atomic E-state index is 0.00383. The lowest BCUT2D eigenvalue weighted by molar-refractivity contribution is -0.140. The standard InChI is InChI=1S/C19H22F4N2O4/c1-2-29-17(28)25(11-13-4-3-9-24(13)16(26)27)18(7-8-18)12-5-6-15(20)14(10-12)19(21,22)23/h5-6,10,13H,2-4,7-9,11H2,1H3,(H,26,27)/t13-/m1/s1. The molecule has 10 heteroatoms. The smallest absolute Gasteiger partial charge is 0.419 e. The van der Waals surface area contributed by atoms with Crippen molar-refractivity contribution < 1.29 is 37.0 Å². The predicted octanol–water partition coefficient (Wildman–Crippen LogP) is 4.43. The fourth-order valence-corrected chi connectivity index (χ4v) is 3.98. The van der Waals surface area contributed by atoms with Crippen LogP contribution in [0.1, 0.15) is 43.7 Å². The van der Waals surface area contributed by atoms with E-state index in [1.54, 1.807) is 6.92 Å². The Morgan fingerprint density at radius 1 is 1.34 bits per heavy atom. The third-order valence-electron chi connectivity index (χ3n) is 5.55. The molecule has 2 aliphatic rings. The molecule has 1 aliphatic carbocycles. The molecule has 2 fully saturated rings. The van der Waals surface area contributed by atoms with Crippen LogP contribution >= 0.6 is 0 Å². The SMILES string of the molecule is CCOC(=O)N(C[C@H]1CCCN1C(=O)O)C1(c2ccc(F)c(C(F)(F)F)c2)CC1. The summed E-state index contributed by atoms with van der Waals surface area (Å²) in [5, 5.41) is 9.36. The molecule has 1 saturated carbocycles. The van der Waals surface area contributed by atoms with Crippen LogP contribution in [0.25, 0.3) is 0 Å². The number of carboxylic acid groups (broad SMARTS) is 1. The van der Waals surface area contributed by atoms with Crippen molar-refractivity contribution in [2.45, 2.75) is 50.4 Å². The Kier molecular flexibility index (Phi) is 5.64. The maximum atomic E-state index is 13.7. The predicted molar refractivity (Wildman–Crippen MR) is 93.8 cm³/mol. The van der Waals surface area contributed by atoms with E-state index in [-0.39, 0.29) is 18.7 Å². The number of halogens is 4. The van der Waals surface area contributed by atoms with Gasteiger partial charge in [0.25, 0.3) is 0 Å². The van der Waals surface area contributed by atoms with E-state index in [9.17, 15) is 32.3 Å². The Hall–Kier alpha value is -2.52. The van der Waals surface area contributed by atoms with Gasteiger partial charge in [0.15, 0.2) is 0 Å². The monoisotopic (exact) mass is 418 g/mol. The second-order valence-electron chi connectivity index (χ2n) is 7.31. The van der Waals surface area contributed by atoms with Crippen LogP contribution in [-0.2, 0) is 16.5 Å². The second kappa shape index (κ2) is 7.72. The largest absolute Gasteiger partial charge is 0.465 e. The molecule has 0 bridgehead atoms. The average molecular weight is 418 g/mol. The molecule has 3 rings (SSSR count). The Balaban J connectivity index is 1.95. The molecule has 2 amide bonds. The maximum absolute atomic E-state index is 13.7. The van der Waals surface area contributed by atoms with E-state index in [2.05, 4.69) is 0 Å². The van der Waals surface area contributed by atoms with Gasteiger partial charge >= 0.3 is 18.4 Å². The number of hydrogen-bond acceptors (Lipinski definition) is 3. The summed E-state index contributed by atoms with van der Waals surface area (Å²) in [6, 6.07) is 2.25. The van der Waals surface area contributed by atoms with Crippen molar-refractivity contribution in [3.8, 4) is 0 Å². The number of hydrogen-bond donors (Lipinski definition) is 1. The van der Waals surface area contributed by atoms with Crippen molar-refractivity contribution >= 4 is 12.2 Å². The second-order valence-corrected chi connectivity index (χ2v) is 7.31. The van der Waals surface area contributed by atoms with Crippen LogP contribution in [0.5, 0.6) is 0 Å². The summed E-state index contributed by atoms with van der Waals surface area (Å²) >= 11 is 0. The van der Waals surface area contributed by atoms with E-state index in [1.807, 2.05) is 0 Å². The summed E-state index contributed by atoms with van der Waals surface area (Å²) in [6.45, 7) is 2.01. The molecule has 29 heavy (non-hydrogen) atoms. The van der Waals surface area contributed by atoms with E-state index in [4.69, 9.17) is 4.74 Å². The van der Waals surface area contributed by atoms with Crippen molar-refractivity contribution in [2.24, 2.45) is 0 Å². The lowest BCUT2D eigenvalue weighted by Crippen LogP contribution is -2.49. The summed E-state index contributed by atoms with van der Waals surface area (Å²) in [7, 11) is 0. The molecule has 6 nitrogen and oxygen atoms in total. The first kappa shape index (κ1) is 21.2. The Morgan fingerprint density at radius 2 is 2.03 bits per heavy atom. The maximum Gasteiger partial charge on any atom is 0.419 e. The van der Waals surface area contributed by atoms with E-state index in [0.29, 0.717) is 32.2 Å². The number of nitrogens with zero attached hydrogens (tertiary/aromatic N) is 2. The number of carbonyl (C=O) groups is 2. The normalized spacial score (nSPS) is 20.4. The van der Waals surface area contributed by atoms with Crippen molar-refractivity contribution in [3.63, 3.8) is 0 Å². The third kappa shape index (κ3) is 4.11. The molecule has 1 N–H and O–H groups in total. The highest BCUT2D eigenvalue weighted by Gasteiger charge is 2.54. The van der Waals surface area contributed by atoms with Gasteiger partial charge in [-0.3, -0.25) is 4.90 Å². The molecule has 1 atom stereocenters. The molecule has 0 spiro atoms. The quantitative estimate of drug-likeness (QED) is 0.718. The summed E-state index contributed by atoms with van der Waals surface area (Å²) in [4.78, 5) is 26.6. The molecule has 1 heterocycles. The van der Waals surface area contributed by atoms with Crippen LogP contribution < -0.4 is 0 Å². The highest BCUT2D eigenvalue weighted by Crippen LogP contribution is 2.52. The zero-order chi connectivity index (χ0) is 21.4.